The highest BCUT2D eigenvalue weighted by Gasteiger charge is 2.30. The number of aliphatic hydroxyl groups is 1. The molecule has 0 saturated heterocycles. The second-order valence-electron chi connectivity index (χ2n) is 27.7. The molecule has 0 saturated carbocycles. The number of carbonyl (C=O) groups excluding carboxylic acids is 4. The lowest BCUT2D eigenvalue weighted by atomic mass is 10.0. The maximum atomic E-state index is 13.1. The van der Waals surface area contributed by atoms with Gasteiger partial charge in [-0.3, -0.25) is 37.3 Å². The first-order valence-corrected chi connectivity index (χ1v) is 44.8. The molecule has 0 aliphatic carbocycles. The minimum absolute atomic E-state index is 0.0800. The summed E-state index contributed by atoms with van der Waals surface area (Å²) in [6.07, 6.45) is 87.3. The number of phosphoric ester groups is 2. The van der Waals surface area contributed by atoms with Crippen LogP contribution in [0.15, 0.2) is 122 Å². The summed E-state index contributed by atoms with van der Waals surface area (Å²) in [5, 5.41) is 10.7. The first kappa shape index (κ1) is 101. The van der Waals surface area contributed by atoms with Crippen molar-refractivity contribution in [2.75, 3.05) is 39.6 Å². The van der Waals surface area contributed by atoms with Crippen LogP contribution < -0.4 is 0 Å². The molecule has 0 aliphatic rings. The van der Waals surface area contributed by atoms with Crippen LogP contribution in [0, 0.1) is 0 Å². The summed E-state index contributed by atoms with van der Waals surface area (Å²) in [4.78, 5) is 73.1. The van der Waals surface area contributed by atoms with Crippen molar-refractivity contribution >= 4 is 39.5 Å². The summed E-state index contributed by atoms with van der Waals surface area (Å²) < 4.78 is 68.7. The Balaban J connectivity index is 5.38. The van der Waals surface area contributed by atoms with Crippen molar-refractivity contribution in [3.05, 3.63) is 122 Å². The Morgan fingerprint density at radius 1 is 0.274 bits per heavy atom. The number of rotatable bonds is 78. The first-order chi connectivity index (χ1) is 51.7. The van der Waals surface area contributed by atoms with E-state index in [-0.39, 0.29) is 25.7 Å². The van der Waals surface area contributed by atoms with Gasteiger partial charge in [-0.05, 0) is 135 Å². The lowest BCUT2D eigenvalue weighted by molar-refractivity contribution is -0.161. The van der Waals surface area contributed by atoms with Crippen molar-refractivity contribution in [1.29, 1.82) is 0 Å². The third kappa shape index (κ3) is 77.6. The lowest BCUT2D eigenvalue weighted by Gasteiger charge is -2.21. The van der Waals surface area contributed by atoms with Crippen LogP contribution in [0.5, 0.6) is 0 Å². The molecule has 0 amide bonds. The maximum Gasteiger partial charge on any atom is 0.472 e. The van der Waals surface area contributed by atoms with Gasteiger partial charge in [0.2, 0.25) is 0 Å². The zero-order valence-electron chi connectivity index (χ0n) is 66.8. The Morgan fingerprint density at radius 3 is 0.783 bits per heavy atom. The van der Waals surface area contributed by atoms with E-state index in [1.165, 1.54) is 89.9 Å². The van der Waals surface area contributed by atoms with Gasteiger partial charge in [0.25, 0.3) is 0 Å². The molecule has 0 aromatic rings. The second kappa shape index (κ2) is 78.6. The summed E-state index contributed by atoms with van der Waals surface area (Å²) in [5.41, 5.74) is 0. The van der Waals surface area contributed by atoms with Gasteiger partial charge in [-0.2, -0.15) is 0 Å². The predicted octanol–water partition coefficient (Wildman–Crippen LogP) is 24.7. The Morgan fingerprint density at radius 2 is 0.491 bits per heavy atom. The number of phosphoric acid groups is 2. The van der Waals surface area contributed by atoms with Gasteiger partial charge in [-0.1, -0.05) is 310 Å². The van der Waals surface area contributed by atoms with E-state index < -0.39 is 97.5 Å². The van der Waals surface area contributed by atoms with Gasteiger partial charge < -0.3 is 33.8 Å². The van der Waals surface area contributed by atoms with Crippen LogP contribution >= 0.6 is 15.6 Å². The van der Waals surface area contributed by atoms with Crippen LogP contribution in [0.2, 0.25) is 0 Å². The van der Waals surface area contributed by atoms with Crippen LogP contribution in [0.25, 0.3) is 0 Å². The smallest absolute Gasteiger partial charge is 0.462 e. The Kier molecular flexibility index (Phi) is 75.2. The molecule has 0 rings (SSSR count). The average Bonchev–Trinajstić information content (AvgIpc) is 0.933. The Labute approximate surface area is 644 Å². The number of aliphatic hydroxyl groups excluding tert-OH is 1. The molecule has 610 valence electrons. The summed E-state index contributed by atoms with van der Waals surface area (Å²) in [6, 6.07) is 0. The fourth-order valence-electron chi connectivity index (χ4n) is 11.1. The van der Waals surface area contributed by atoms with Crippen molar-refractivity contribution in [2.24, 2.45) is 0 Å². The SMILES string of the molecule is CC/C=C\C/C=C\C/C=C\C/C=C\C/C=C\CCCCCC(=O)OCC(COP(=O)(O)OCC(O)COP(=O)(O)OCC(COC(=O)CCCCCCCC/C=C\C/C=C\C/C=C\C/C=C\CC)OC(=O)CCCCCCC/C=C\CCCCCC)OC(=O)CCCCCCCCCCCCCCCCC. The van der Waals surface area contributed by atoms with E-state index in [4.69, 9.17) is 37.0 Å². The topological polar surface area (TPSA) is 237 Å². The molecule has 0 bridgehead atoms. The number of unbranched alkanes of at least 4 members (excludes halogenated alkanes) is 32. The molecule has 0 aliphatic heterocycles. The predicted molar refractivity (Wildman–Crippen MR) is 436 cm³/mol. The number of ether oxygens (including phenoxy) is 4. The molecule has 5 unspecified atom stereocenters. The fraction of sp³-hybridized carbons (Fsp3) is 0.724. The minimum Gasteiger partial charge on any atom is -0.462 e. The van der Waals surface area contributed by atoms with E-state index in [9.17, 15) is 43.2 Å². The minimum atomic E-state index is -4.99. The molecule has 19 heteroatoms. The number of hydrogen-bond acceptors (Lipinski definition) is 15. The quantitative estimate of drug-likeness (QED) is 0.0169. The van der Waals surface area contributed by atoms with E-state index in [2.05, 4.69) is 149 Å². The Bertz CT molecular complexity index is 2480. The fourth-order valence-corrected chi connectivity index (χ4v) is 12.7. The highest BCUT2D eigenvalue weighted by atomic mass is 31.2. The normalized spacial score (nSPS) is 14.4. The summed E-state index contributed by atoms with van der Waals surface area (Å²) in [7, 11) is -9.97. The summed E-state index contributed by atoms with van der Waals surface area (Å²) >= 11 is 0. The molecular weight excluding hydrogens is 1380 g/mol. The Hall–Kier alpha value is -4.54. The third-order valence-corrected chi connectivity index (χ3v) is 19.3. The van der Waals surface area contributed by atoms with Gasteiger partial charge in [0.1, 0.15) is 19.3 Å². The van der Waals surface area contributed by atoms with Crippen molar-refractivity contribution in [2.45, 2.75) is 367 Å². The van der Waals surface area contributed by atoms with Crippen molar-refractivity contribution in [1.82, 2.24) is 0 Å². The largest absolute Gasteiger partial charge is 0.472 e. The standard InChI is InChI=1S/C87H150O17P2/c1-5-9-13-17-21-25-29-33-36-38-40-42-45-48-51-55-59-63-67-71-84(89)97-77-82(103-86(91)73-69-65-61-57-53-47-32-28-24-20-16-12-8-4)79-101-105(93,94)99-75-81(88)76-100-106(95,96)102-80-83(104-87(92)74-70-66-62-58-54-50-44-35-31-27-23-19-15-11-7-3)78-98-85(90)72-68-64-60-56-52-49-46-43-41-39-37-34-30-26-22-18-14-10-6-2/h9-10,13-14,21-22,25-26,28,32-34,36-37,40-43,49,52,81-83,88H,5-8,11-12,15-20,23-24,27,29-31,35,38-39,44-48,50-51,53-80H2,1-4H3,(H,93,94)(H,95,96)/b13-9-,14-10-,25-21-,26-22-,32-28-,36-33-,37-34-,42-40-,43-41-,52-49-. The molecular formula is C87H150O17P2. The third-order valence-electron chi connectivity index (χ3n) is 17.4. The molecule has 3 N–H and O–H groups in total. The van der Waals surface area contributed by atoms with Gasteiger partial charge in [-0.25, -0.2) is 9.13 Å². The molecule has 0 heterocycles. The van der Waals surface area contributed by atoms with Crippen molar-refractivity contribution in [3.63, 3.8) is 0 Å². The van der Waals surface area contributed by atoms with Gasteiger partial charge in [-0.15, -0.1) is 0 Å². The zero-order chi connectivity index (χ0) is 77.4. The first-order valence-electron chi connectivity index (χ1n) is 41.8. The highest BCUT2D eigenvalue weighted by Crippen LogP contribution is 2.45. The van der Waals surface area contributed by atoms with E-state index in [1.807, 2.05) is 0 Å². The molecule has 17 nitrogen and oxygen atoms in total. The van der Waals surface area contributed by atoms with Crippen LogP contribution in [0.1, 0.15) is 349 Å². The van der Waals surface area contributed by atoms with E-state index >= 15 is 0 Å². The van der Waals surface area contributed by atoms with E-state index in [0.29, 0.717) is 25.7 Å². The molecule has 0 spiro atoms. The van der Waals surface area contributed by atoms with Gasteiger partial charge in [0, 0.05) is 25.7 Å². The van der Waals surface area contributed by atoms with E-state index in [1.54, 1.807) is 0 Å². The molecule has 0 aromatic heterocycles. The number of hydrogen-bond donors (Lipinski definition) is 3. The van der Waals surface area contributed by atoms with Crippen LogP contribution in [0.4, 0.5) is 0 Å². The van der Waals surface area contributed by atoms with Gasteiger partial charge >= 0.3 is 39.5 Å². The molecule has 0 fully saturated rings. The highest BCUT2D eigenvalue weighted by molar-refractivity contribution is 7.47. The number of carbonyl (C=O) groups is 4. The summed E-state index contributed by atoms with van der Waals surface area (Å²) in [5.74, 6) is -2.22. The summed E-state index contributed by atoms with van der Waals surface area (Å²) in [6.45, 7) is 4.62. The van der Waals surface area contributed by atoms with E-state index in [0.717, 1.165) is 180 Å². The number of esters is 4. The molecule has 0 aromatic carbocycles. The van der Waals surface area contributed by atoms with Crippen LogP contribution in [-0.4, -0.2) is 96.7 Å². The van der Waals surface area contributed by atoms with Crippen molar-refractivity contribution in [3.8, 4) is 0 Å². The maximum absolute atomic E-state index is 13.1. The lowest BCUT2D eigenvalue weighted by Crippen LogP contribution is -2.30. The van der Waals surface area contributed by atoms with Gasteiger partial charge in [0.15, 0.2) is 12.2 Å². The van der Waals surface area contributed by atoms with Crippen LogP contribution in [0.3, 0.4) is 0 Å². The number of allylic oxidation sites excluding steroid dienone is 20. The average molecular weight is 1530 g/mol. The van der Waals surface area contributed by atoms with Gasteiger partial charge in [0.05, 0.1) is 26.4 Å². The zero-order valence-corrected chi connectivity index (χ0v) is 68.6. The molecule has 106 heavy (non-hydrogen) atoms. The molecule has 0 radical (unpaired) electrons. The second-order valence-corrected chi connectivity index (χ2v) is 30.6. The van der Waals surface area contributed by atoms with Crippen LogP contribution in [-0.2, 0) is 65.4 Å². The van der Waals surface area contributed by atoms with Crippen molar-refractivity contribution < 1.29 is 80.2 Å². The monoisotopic (exact) mass is 1530 g/mol. The molecule has 5 atom stereocenters.